The highest BCUT2D eigenvalue weighted by Crippen LogP contribution is 1.92. The number of aliphatic hydroxyl groups is 1. The number of hydrogen-bond acceptors (Lipinski definition) is 6. The van der Waals surface area contributed by atoms with Crippen molar-refractivity contribution >= 4 is 23.7 Å². The van der Waals surface area contributed by atoms with E-state index >= 15 is 0 Å². The van der Waals surface area contributed by atoms with E-state index in [1.165, 1.54) is 6.92 Å². The summed E-state index contributed by atoms with van der Waals surface area (Å²) >= 11 is 0. The van der Waals surface area contributed by atoms with Gasteiger partial charge in [0.25, 0.3) is 0 Å². The maximum absolute atomic E-state index is 11.4. The van der Waals surface area contributed by atoms with E-state index in [9.17, 15) is 19.2 Å². The smallest absolute Gasteiger partial charge is 0.326 e. The Morgan fingerprint density at radius 1 is 1.25 bits per heavy atom. The fourth-order valence-electron chi connectivity index (χ4n) is 1.15. The Labute approximate surface area is 114 Å². The first-order valence-electron chi connectivity index (χ1n) is 5.67. The van der Waals surface area contributed by atoms with E-state index in [1.54, 1.807) is 0 Å². The number of primary amides is 1. The number of hydrogen-bond donors (Lipinski definition) is 6. The van der Waals surface area contributed by atoms with Gasteiger partial charge in [-0.3, -0.25) is 14.4 Å². The standard InChI is InChI=1S/C10H18N4O6/c1-4(15)8(12)9(18)13-3-7(17)14-5(10(19)20)2-6(11)16/h4-5,8,15H,2-3,12H2,1H3,(H2,11,16)(H,13,18)(H,14,17)(H,19,20). The number of carbonyl (C=O) groups excluding carboxylic acids is 3. The molecule has 0 spiro atoms. The first-order valence-corrected chi connectivity index (χ1v) is 5.67. The van der Waals surface area contributed by atoms with E-state index in [0.29, 0.717) is 0 Å². The predicted molar refractivity (Wildman–Crippen MR) is 66.0 cm³/mol. The van der Waals surface area contributed by atoms with Gasteiger partial charge in [0.15, 0.2) is 0 Å². The molecule has 0 aliphatic heterocycles. The molecule has 20 heavy (non-hydrogen) atoms. The average molecular weight is 290 g/mol. The van der Waals surface area contributed by atoms with E-state index in [-0.39, 0.29) is 0 Å². The lowest BCUT2D eigenvalue weighted by Crippen LogP contribution is -2.51. The molecule has 0 radical (unpaired) electrons. The predicted octanol–water partition coefficient (Wildman–Crippen LogP) is -3.74. The molecule has 0 saturated carbocycles. The molecule has 0 aromatic rings. The van der Waals surface area contributed by atoms with Crippen molar-refractivity contribution in [1.29, 1.82) is 0 Å². The van der Waals surface area contributed by atoms with Gasteiger partial charge in [0, 0.05) is 0 Å². The number of carbonyl (C=O) groups is 4. The van der Waals surface area contributed by atoms with Crippen LogP contribution in [-0.2, 0) is 19.2 Å². The van der Waals surface area contributed by atoms with Crippen molar-refractivity contribution in [3.8, 4) is 0 Å². The number of nitrogens with two attached hydrogens (primary N) is 2. The van der Waals surface area contributed by atoms with E-state index in [4.69, 9.17) is 21.7 Å². The molecule has 8 N–H and O–H groups in total. The summed E-state index contributed by atoms with van der Waals surface area (Å²) in [7, 11) is 0. The molecule has 3 unspecified atom stereocenters. The van der Waals surface area contributed by atoms with Crippen LogP contribution >= 0.6 is 0 Å². The van der Waals surface area contributed by atoms with Crippen LogP contribution in [0.4, 0.5) is 0 Å². The zero-order valence-corrected chi connectivity index (χ0v) is 10.8. The minimum Gasteiger partial charge on any atom is -0.480 e. The number of carboxylic acid groups (broad SMARTS) is 1. The Morgan fingerprint density at radius 3 is 2.20 bits per heavy atom. The Kier molecular flexibility index (Phi) is 7.18. The Balaban J connectivity index is 4.30. The molecule has 0 aliphatic carbocycles. The number of carboxylic acids is 1. The summed E-state index contributed by atoms with van der Waals surface area (Å²) in [5.41, 5.74) is 10.1. The van der Waals surface area contributed by atoms with Gasteiger partial charge >= 0.3 is 5.97 Å². The van der Waals surface area contributed by atoms with Crippen molar-refractivity contribution in [2.24, 2.45) is 11.5 Å². The molecule has 0 rings (SSSR count). The lowest BCUT2D eigenvalue weighted by molar-refractivity contribution is -0.143. The molecule has 10 heteroatoms. The summed E-state index contributed by atoms with van der Waals surface area (Å²) in [6.07, 6.45) is -1.66. The van der Waals surface area contributed by atoms with Crippen molar-refractivity contribution < 1.29 is 29.4 Å². The lowest BCUT2D eigenvalue weighted by atomic mass is 10.2. The molecule has 3 atom stereocenters. The van der Waals surface area contributed by atoms with Crippen LogP contribution in [0.3, 0.4) is 0 Å². The molecule has 0 aromatic carbocycles. The van der Waals surface area contributed by atoms with Crippen molar-refractivity contribution in [1.82, 2.24) is 10.6 Å². The van der Waals surface area contributed by atoms with Crippen LogP contribution < -0.4 is 22.1 Å². The van der Waals surface area contributed by atoms with Crippen molar-refractivity contribution in [3.05, 3.63) is 0 Å². The van der Waals surface area contributed by atoms with Gasteiger partial charge in [-0.15, -0.1) is 0 Å². The second kappa shape index (κ2) is 8.07. The normalized spacial score (nSPS) is 14.8. The molecule has 0 heterocycles. The fraction of sp³-hybridized carbons (Fsp3) is 0.600. The first-order chi connectivity index (χ1) is 9.15. The van der Waals surface area contributed by atoms with Crippen LogP contribution in [0.25, 0.3) is 0 Å². The van der Waals surface area contributed by atoms with Crippen LogP contribution in [-0.4, -0.2) is 58.6 Å². The van der Waals surface area contributed by atoms with E-state index in [2.05, 4.69) is 5.32 Å². The Morgan fingerprint density at radius 2 is 1.80 bits per heavy atom. The molecular weight excluding hydrogens is 272 g/mol. The van der Waals surface area contributed by atoms with E-state index in [1.807, 2.05) is 5.32 Å². The zero-order valence-electron chi connectivity index (χ0n) is 10.8. The van der Waals surface area contributed by atoms with Crippen LogP contribution in [0.5, 0.6) is 0 Å². The second-order valence-electron chi connectivity index (χ2n) is 4.11. The molecule has 0 aromatic heterocycles. The third-order valence-corrected chi connectivity index (χ3v) is 2.28. The molecule has 0 bridgehead atoms. The van der Waals surface area contributed by atoms with Gasteiger partial charge in [0.1, 0.15) is 12.1 Å². The van der Waals surface area contributed by atoms with Crippen LogP contribution in [0.2, 0.25) is 0 Å². The Bertz CT molecular complexity index is 397. The minimum absolute atomic E-state index is 0.540. The first kappa shape index (κ1) is 17.8. The van der Waals surface area contributed by atoms with E-state index < -0.39 is 54.8 Å². The summed E-state index contributed by atoms with van der Waals surface area (Å²) in [6, 6.07) is -2.67. The topological polar surface area (TPSA) is 185 Å². The van der Waals surface area contributed by atoms with Gasteiger partial charge in [-0.1, -0.05) is 0 Å². The number of rotatable bonds is 8. The van der Waals surface area contributed by atoms with Crippen LogP contribution in [0.15, 0.2) is 0 Å². The van der Waals surface area contributed by atoms with Crippen LogP contribution in [0, 0.1) is 0 Å². The highest BCUT2D eigenvalue weighted by Gasteiger charge is 2.23. The maximum Gasteiger partial charge on any atom is 0.326 e. The van der Waals surface area contributed by atoms with Gasteiger partial charge in [-0.2, -0.15) is 0 Å². The van der Waals surface area contributed by atoms with Gasteiger partial charge in [0.2, 0.25) is 17.7 Å². The third-order valence-electron chi connectivity index (χ3n) is 2.28. The molecule has 0 saturated heterocycles. The van der Waals surface area contributed by atoms with Gasteiger partial charge in [0.05, 0.1) is 19.1 Å². The molecular formula is C10H18N4O6. The van der Waals surface area contributed by atoms with Crippen molar-refractivity contribution in [2.75, 3.05) is 6.54 Å². The zero-order chi connectivity index (χ0) is 15.9. The van der Waals surface area contributed by atoms with Gasteiger partial charge in [-0.25, -0.2) is 4.79 Å². The summed E-state index contributed by atoms with van der Waals surface area (Å²) in [5.74, 6) is -3.91. The highest BCUT2D eigenvalue weighted by atomic mass is 16.4. The highest BCUT2D eigenvalue weighted by molar-refractivity contribution is 5.91. The molecule has 3 amide bonds. The summed E-state index contributed by atoms with van der Waals surface area (Å²) in [4.78, 5) is 44.1. The number of aliphatic carboxylic acids is 1. The van der Waals surface area contributed by atoms with Crippen molar-refractivity contribution in [2.45, 2.75) is 31.5 Å². The molecule has 114 valence electrons. The maximum atomic E-state index is 11.4. The monoisotopic (exact) mass is 290 g/mol. The number of amides is 3. The lowest BCUT2D eigenvalue weighted by Gasteiger charge is -2.16. The van der Waals surface area contributed by atoms with Crippen molar-refractivity contribution in [3.63, 3.8) is 0 Å². The third kappa shape index (κ3) is 6.66. The van der Waals surface area contributed by atoms with E-state index in [0.717, 1.165) is 0 Å². The fourth-order valence-corrected chi connectivity index (χ4v) is 1.15. The molecule has 10 nitrogen and oxygen atoms in total. The molecule has 0 fully saturated rings. The van der Waals surface area contributed by atoms with Gasteiger partial charge < -0.3 is 32.3 Å². The summed E-state index contributed by atoms with van der Waals surface area (Å²) in [5, 5.41) is 21.9. The largest absolute Gasteiger partial charge is 0.480 e. The quantitative estimate of drug-likeness (QED) is 0.265. The summed E-state index contributed by atoms with van der Waals surface area (Å²) in [6.45, 7) is 0.763. The second-order valence-corrected chi connectivity index (χ2v) is 4.11. The average Bonchev–Trinajstić information content (AvgIpc) is 2.33. The SMILES string of the molecule is CC(O)C(N)C(=O)NCC(=O)NC(CC(N)=O)C(=O)O. The Hall–Kier alpha value is -2.20. The number of nitrogens with one attached hydrogen (secondary N) is 2. The van der Waals surface area contributed by atoms with Crippen LogP contribution in [0.1, 0.15) is 13.3 Å². The van der Waals surface area contributed by atoms with Gasteiger partial charge in [-0.05, 0) is 6.92 Å². The minimum atomic E-state index is -1.47. The molecule has 0 aliphatic rings. The summed E-state index contributed by atoms with van der Waals surface area (Å²) < 4.78 is 0. The number of aliphatic hydroxyl groups excluding tert-OH is 1.